The molecule has 110 valence electrons. The number of likely N-dealkylation sites (tertiary alicyclic amines) is 1. The summed E-state index contributed by atoms with van der Waals surface area (Å²) in [5, 5.41) is 20.5. The molecule has 1 aliphatic heterocycles. The van der Waals surface area contributed by atoms with Gasteiger partial charge in [-0.05, 0) is 30.5 Å². The first-order chi connectivity index (χ1) is 9.99. The van der Waals surface area contributed by atoms with Crippen LogP contribution in [0.2, 0.25) is 0 Å². The number of urea groups is 1. The van der Waals surface area contributed by atoms with Gasteiger partial charge >= 0.3 is 12.0 Å². The minimum absolute atomic E-state index is 0.00815. The van der Waals surface area contributed by atoms with E-state index in [-0.39, 0.29) is 18.4 Å². The molecule has 1 aliphatic rings. The number of aliphatic carboxylic acids is 1. The standard InChI is InChI=1S/C14H14BrN3O3/c15-11-2-1-10(7-16)12(6-11)17-14(21)18-4-3-9(8-18)5-13(19)20/h1-2,6,9H,3-5,8H2,(H,17,21)(H,19,20). The van der Waals surface area contributed by atoms with Gasteiger partial charge in [0.05, 0.1) is 11.3 Å². The van der Waals surface area contributed by atoms with Gasteiger partial charge in [0.25, 0.3) is 0 Å². The molecule has 6 nitrogen and oxygen atoms in total. The minimum atomic E-state index is -0.846. The lowest BCUT2D eigenvalue weighted by Gasteiger charge is -2.17. The van der Waals surface area contributed by atoms with Gasteiger partial charge in [0.1, 0.15) is 6.07 Å². The normalized spacial score (nSPS) is 17.3. The Kier molecular flexibility index (Phi) is 4.81. The first-order valence-corrected chi connectivity index (χ1v) is 7.26. The van der Waals surface area contributed by atoms with Gasteiger partial charge in [-0.1, -0.05) is 15.9 Å². The van der Waals surface area contributed by atoms with Crippen molar-refractivity contribution in [1.29, 1.82) is 5.26 Å². The van der Waals surface area contributed by atoms with Crippen LogP contribution in [0.1, 0.15) is 18.4 Å². The van der Waals surface area contributed by atoms with Crippen molar-refractivity contribution >= 4 is 33.6 Å². The molecular weight excluding hydrogens is 338 g/mol. The molecule has 2 amide bonds. The topological polar surface area (TPSA) is 93.4 Å². The van der Waals surface area contributed by atoms with E-state index in [0.717, 1.165) is 4.47 Å². The number of hydrogen-bond acceptors (Lipinski definition) is 3. The number of carbonyl (C=O) groups excluding carboxylic acids is 1. The number of amides is 2. The Bertz CT molecular complexity index is 612. The summed E-state index contributed by atoms with van der Waals surface area (Å²) in [6.07, 6.45) is 0.757. The number of rotatable bonds is 3. The number of nitrogens with one attached hydrogen (secondary N) is 1. The summed E-state index contributed by atoms with van der Waals surface area (Å²) in [5.74, 6) is -0.854. The zero-order valence-corrected chi connectivity index (χ0v) is 12.8. The molecule has 1 aromatic carbocycles. The van der Waals surface area contributed by atoms with E-state index < -0.39 is 5.97 Å². The van der Waals surface area contributed by atoms with Crippen LogP contribution in [-0.2, 0) is 4.79 Å². The van der Waals surface area contributed by atoms with E-state index in [1.807, 2.05) is 6.07 Å². The summed E-state index contributed by atoms with van der Waals surface area (Å²) in [5.41, 5.74) is 0.825. The zero-order valence-electron chi connectivity index (χ0n) is 11.2. The Morgan fingerprint density at radius 2 is 2.29 bits per heavy atom. The van der Waals surface area contributed by atoms with Crippen molar-refractivity contribution in [3.8, 4) is 6.07 Å². The van der Waals surface area contributed by atoms with Crippen molar-refractivity contribution in [2.75, 3.05) is 18.4 Å². The van der Waals surface area contributed by atoms with Crippen molar-refractivity contribution in [3.63, 3.8) is 0 Å². The number of benzene rings is 1. The predicted molar refractivity (Wildman–Crippen MR) is 79.8 cm³/mol. The molecule has 1 aromatic rings. The lowest BCUT2D eigenvalue weighted by atomic mass is 10.1. The fourth-order valence-corrected chi connectivity index (χ4v) is 2.70. The van der Waals surface area contributed by atoms with E-state index in [1.165, 1.54) is 0 Å². The Morgan fingerprint density at radius 1 is 1.52 bits per heavy atom. The van der Waals surface area contributed by atoms with Crippen LogP contribution < -0.4 is 5.32 Å². The van der Waals surface area contributed by atoms with Gasteiger partial charge < -0.3 is 15.3 Å². The van der Waals surface area contributed by atoms with Gasteiger partial charge in [-0.15, -0.1) is 0 Å². The van der Waals surface area contributed by atoms with Crippen molar-refractivity contribution in [1.82, 2.24) is 4.90 Å². The van der Waals surface area contributed by atoms with E-state index >= 15 is 0 Å². The summed E-state index contributed by atoms with van der Waals surface area (Å²) in [7, 11) is 0. The fraction of sp³-hybridized carbons (Fsp3) is 0.357. The Labute approximate surface area is 130 Å². The SMILES string of the molecule is N#Cc1ccc(Br)cc1NC(=O)N1CCC(CC(=O)O)C1. The third-order valence-electron chi connectivity index (χ3n) is 3.38. The third kappa shape index (κ3) is 3.95. The Balaban J connectivity index is 2.01. The smallest absolute Gasteiger partial charge is 0.321 e. The van der Waals surface area contributed by atoms with Gasteiger partial charge in [-0.25, -0.2) is 4.79 Å². The number of carboxylic acid groups (broad SMARTS) is 1. The first-order valence-electron chi connectivity index (χ1n) is 6.47. The second-order valence-corrected chi connectivity index (χ2v) is 5.85. The van der Waals surface area contributed by atoms with Crippen molar-refractivity contribution < 1.29 is 14.7 Å². The van der Waals surface area contributed by atoms with Gasteiger partial charge in [0, 0.05) is 24.0 Å². The van der Waals surface area contributed by atoms with E-state index in [9.17, 15) is 9.59 Å². The lowest BCUT2D eigenvalue weighted by Crippen LogP contribution is -2.33. The molecule has 1 atom stereocenters. The average Bonchev–Trinajstić information content (AvgIpc) is 2.86. The number of nitrogens with zero attached hydrogens (tertiary/aromatic N) is 2. The maximum absolute atomic E-state index is 12.2. The number of hydrogen-bond donors (Lipinski definition) is 2. The highest BCUT2D eigenvalue weighted by atomic mass is 79.9. The molecule has 1 fully saturated rings. The number of anilines is 1. The zero-order chi connectivity index (χ0) is 15.4. The summed E-state index contributed by atoms with van der Waals surface area (Å²) in [6, 6.07) is 6.73. The van der Waals surface area contributed by atoms with Gasteiger partial charge in [-0.3, -0.25) is 4.79 Å². The quantitative estimate of drug-likeness (QED) is 0.875. The van der Waals surface area contributed by atoms with Crippen LogP contribution in [0, 0.1) is 17.2 Å². The molecule has 21 heavy (non-hydrogen) atoms. The highest BCUT2D eigenvalue weighted by Gasteiger charge is 2.28. The van der Waals surface area contributed by atoms with Gasteiger partial charge in [-0.2, -0.15) is 5.26 Å². The summed E-state index contributed by atoms with van der Waals surface area (Å²) >= 11 is 3.30. The van der Waals surface area contributed by atoms with Gasteiger partial charge in [0.15, 0.2) is 0 Å². The molecular formula is C14H14BrN3O3. The third-order valence-corrected chi connectivity index (χ3v) is 3.87. The molecule has 0 radical (unpaired) electrons. The molecule has 0 aliphatic carbocycles. The van der Waals surface area contributed by atoms with Crippen LogP contribution in [0.5, 0.6) is 0 Å². The monoisotopic (exact) mass is 351 g/mol. The number of carbonyl (C=O) groups is 2. The van der Waals surface area contributed by atoms with E-state index in [2.05, 4.69) is 21.2 Å². The largest absolute Gasteiger partial charge is 0.481 e. The van der Waals surface area contributed by atoms with Crippen molar-refractivity contribution in [2.45, 2.75) is 12.8 Å². The maximum Gasteiger partial charge on any atom is 0.321 e. The highest BCUT2D eigenvalue weighted by molar-refractivity contribution is 9.10. The summed E-state index contributed by atoms with van der Waals surface area (Å²) < 4.78 is 0.766. The van der Waals surface area contributed by atoms with E-state index in [0.29, 0.717) is 30.8 Å². The van der Waals surface area contributed by atoms with Crippen molar-refractivity contribution in [3.05, 3.63) is 28.2 Å². The molecule has 1 heterocycles. The fourth-order valence-electron chi connectivity index (χ4n) is 2.34. The minimum Gasteiger partial charge on any atom is -0.481 e. The maximum atomic E-state index is 12.2. The number of halogens is 1. The van der Waals surface area contributed by atoms with Crippen LogP contribution in [0.3, 0.4) is 0 Å². The molecule has 2 rings (SSSR count). The van der Waals surface area contributed by atoms with Crippen LogP contribution >= 0.6 is 15.9 Å². The van der Waals surface area contributed by atoms with Gasteiger partial charge in [0.2, 0.25) is 0 Å². The van der Waals surface area contributed by atoms with E-state index in [4.69, 9.17) is 10.4 Å². The van der Waals surface area contributed by atoms with Crippen LogP contribution in [0.4, 0.5) is 10.5 Å². The molecule has 2 N–H and O–H groups in total. The molecule has 1 unspecified atom stereocenters. The highest BCUT2D eigenvalue weighted by Crippen LogP contribution is 2.23. The Hall–Kier alpha value is -2.07. The van der Waals surface area contributed by atoms with Crippen LogP contribution in [0.15, 0.2) is 22.7 Å². The Morgan fingerprint density at radius 3 is 2.95 bits per heavy atom. The first kappa shape index (κ1) is 15.3. The summed E-state index contributed by atoms with van der Waals surface area (Å²) in [4.78, 5) is 24.4. The molecule has 0 spiro atoms. The average molecular weight is 352 g/mol. The number of carboxylic acids is 1. The predicted octanol–water partition coefficient (Wildman–Crippen LogP) is 2.65. The lowest BCUT2D eigenvalue weighted by molar-refractivity contribution is -0.138. The number of nitriles is 1. The molecule has 1 saturated heterocycles. The van der Waals surface area contributed by atoms with Crippen LogP contribution in [0.25, 0.3) is 0 Å². The molecule has 0 aromatic heterocycles. The molecule has 0 saturated carbocycles. The van der Waals surface area contributed by atoms with E-state index in [1.54, 1.807) is 23.1 Å². The second kappa shape index (κ2) is 6.59. The molecule has 0 bridgehead atoms. The molecule has 7 heteroatoms. The van der Waals surface area contributed by atoms with Crippen molar-refractivity contribution in [2.24, 2.45) is 5.92 Å². The summed E-state index contributed by atoms with van der Waals surface area (Å²) in [6.45, 7) is 0.952. The second-order valence-electron chi connectivity index (χ2n) is 4.93. The van der Waals surface area contributed by atoms with Crippen LogP contribution in [-0.4, -0.2) is 35.1 Å².